The number of para-hydroxylation sites is 1. The second kappa shape index (κ2) is 9.22. The molecular formula is C26H23N3O2. The van der Waals surface area contributed by atoms with Gasteiger partial charge in [0.1, 0.15) is 12.1 Å². The molecule has 1 N–H and O–H groups in total. The number of hydrogen-bond acceptors (Lipinski definition) is 4. The molecule has 3 aromatic carbocycles. The van der Waals surface area contributed by atoms with Crippen molar-refractivity contribution in [1.82, 2.24) is 9.97 Å². The molecule has 4 aromatic rings. The minimum atomic E-state index is -0.153. The molecule has 4 rings (SSSR count). The number of carbonyl (C=O) groups excluding carboxylic acids is 1. The summed E-state index contributed by atoms with van der Waals surface area (Å²) in [6.45, 7) is 4.28. The van der Waals surface area contributed by atoms with Gasteiger partial charge >= 0.3 is 0 Å². The molecule has 0 spiro atoms. The summed E-state index contributed by atoms with van der Waals surface area (Å²) >= 11 is 0. The molecule has 0 bridgehead atoms. The molecule has 5 nitrogen and oxygen atoms in total. The van der Waals surface area contributed by atoms with Crippen LogP contribution in [0.25, 0.3) is 11.3 Å². The van der Waals surface area contributed by atoms with Crippen molar-refractivity contribution >= 4 is 11.6 Å². The highest BCUT2D eigenvalue weighted by atomic mass is 16.5. The van der Waals surface area contributed by atoms with E-state index in [1.165, 1.54) is 11.9 Å². The van der Waals surface area contributed by atoms with Crippen LogP contribution in [0.3, 0.4) is 0 Å². The van der Waals surface area contributed by atoms with Crippen molar-refractivity contribution in [3.05, 3.63) is 102 Å². The van der Waals surface area contributed by atoms with E-state index in [1.54, 1.807) is 18.2 Å². The van der Waals surface area contributed by atoms with Gasteiger partial charge in [-0.3, -0.25) is 4.79 Å². The molecule has 31 heavy (non-hydrogen) atoms. The number of nitrogens with one attached hydrogen (secondary N) is 1. The number of carbonyl (C=O) groups is 1. The zero-order valence-corrected chi connectivity index (χ0v) is 17.4. The van der Waals surface area contributed by atoms with Gasteiger partial charge in [0.25, 0.3) is 5.91 Å². The monoisotopic (exact) mass is 409 g/mol. The predicted molar refractivity (Wildman–Crippen MR) is 122 cm³/mol. The van der Waals surface area contributed by atoms with Crippen molar-refractivity contribution in [3.63, 3.8) is 0 Å². The summed E-state index contributed by atoms with van der Waals surface area (Å²) in [6.07, 6.45) is 1.47. The van der Waals surface area contributed by atoms with Crippen molar-refractivity contribution < 1.29 is 9.53 Å². The third-order valence-corrected chi connectivity index (χ3v) is 4.89. The number of nitrogens with zero attached hydrogens (tertiary/aromatic N) is 2. The lowest BCUT2D eigenvalue weighted by atomic mass is 10.0. The first-order valence-electron chi connectivity index (χ1n) is 10.2. The largest absolute Gasteiger partial charge is 0.439 e. The summed E-state index contributed by atoms with van der Waals surface area (Å²) in [6, 6.07) is 26.5. The van der Waals surface area contributed by atoms with Crippen LogP contribution < -0.4 is 10.1 Å². The molecule has 1 amide bonds. The summed E-state index contributed by atoms with van der Waals surface area (Å²) in [7, 11) is 0. The maximum absolute atomic E-state index is 12.6. The summed E-state index contributed by atoms with van der Waals surface area (Å²) in [5.41, 5.74) is 4.18. The first kappa shape index (κ1) is 20.3. The Morgan fingerprint density at radius 2 is 1.58 bits per heavy atom. The lowest BCUT2D eigenvalue weighted by Gasteiger charge is -2.09. The fourth-order valence-corrected chi connectivity index (χ4v) is 3.11. The standard InChI is InChI=1S/C26H23N3O2/c1-18(2)19-12-14-22(15-13-19)29-26(30)21-10-8-20(9-11-21)24-16-25(28-17-27-24)31-23-6-4-3-5-7-23/h3-18H,1-2H3,(H,29,30). The van der Waals surface area contributed by atoms with Crippen LogP contribution in [0, 0.1) is 0 Å². The molecule has 1 heterocycles. The SMILES string of the molecule is CC(C)c1ccc(NC(=O)c2ccc(-c3cc(Oc4ccccc4)ncn3)cc2)cc1. The molecule has 0 aliphatic heterocycles. The third kappa shape index (κ3) is 5.14. The molecule has 0 saturated carbocycles. The summed E-state index contributed by atoms with van der Waals surface area (Å²) in [5.74, 6) is 1.47. The van der Waals surface area contributed by atoms with E-state index in [9.17, 15) is 4.79 Å². The van der Waals surface area contributed by atoms with E-state index in [1.807, 2.05) is 66.7 Å². The van der Waals surface area contributed by atoms with E-state index >= 15 is 0 Å². The number of ether oxygens (including phenoxy) is 1. The Morgan fingerprint density at radius 3 is 2.26 bits per heavy atom. The van der Waals surface area contributed by atoms with E-state index < -0.39 is 0 Å². The highest BCUT2D eigenvalue weighted by molar-refractivity contribution is 6.04. The maximum atomic E-state index is 12.6. The Hall–Kier alpha value is -3.99. The van der Waals surface area contributed by atoms with Gasteiger partial charge in [-0.05, 0) is 47.9 Å². The smallest absolute Gasteiger partial charge is 0.255 e. The normalized spacial score (nSPS) is 10.7. The summed E-state index contributed by atoms with van der Waals surface area (Å²) < 4.78 is 5.78. The van der Waals surface area contributed by atoms with Crippen molar-refractivity contribution in [3.8, 4) is 22.9 Å². The van der Waals surface area contributed by atoms with Gasteiger partial charge in [-0.1, -0.05) is 56.3 Å². The second-order valence-corrected chi connectivity index (χ2v) is 7.46. The topological polar surface area (TPSA) is 64.1 Å². The summed E-state index contributed by atoms with van der Waals surface area (Å²) in [5, 5.41) is 2.94. The molecule has 154 valence electrons. The Labute approximate surface area is 181 Å². The molecule has 0 unspecified atom stereocenters. The Bertz CT molecular complexity index is 1160. The number of amides is 1. The van der Waals surface area contributed by atoms with Crippen molar-refractivity contribution in [2.45, 2.75) is 19.8 Å². The van der Waals surface area contributed by atoms with Crippen molar-refractivity contribution in [2.75, 3.05) is 5.32 Å². The molecule has 1 aromatic heterocycles. The van der Waals surface area contributed by atoms with Crippen LogP contribution >= 0.6 is 0 Å². The van der Waals surface area contributed by atoms with Crippen LogP contribution in [0.5, 0.6) is 11.6 Å². The minimum Gasteiger partial charge on any atom is -0.439 e. The molecule has 0 fully saturated rings. The average molecular weight is 409 g/mol. The van der Waals surface area contributed by atoms with Crippen LogP contribution in [-0.2, 0) is 0 Å². The van der Waals surface area contributed by atoms with Gasteiger partial charge in [0.15, 0.2) is 0 Å². The van der Waals surface area contributed by atoms with Crippen molar-refractivity contribution in [2.24, 2.45) is 0 Å². The van der Waals surface area contributed by atoms with Crippen LogP contribution in [0.4, 0.5) is 5.69 Å². The van der Waals surface area contributed by atoms with E-state index in [0.717, 1.165) is 16.9 Å². The molecule has 0 aliphatic carbocycles. The van der Waals surface area contributed by atoms with Crippen LogP contribution in [0.2, 0.25) is 0 Å². The van der Waals surface area contributed by atoms with Gasteiger partial charge in [-0.2, -0.15) is 0 Å². The van der Waals surface area contributed by atoms with Gasteiger partial charge in [-0.25, -0.2) is 9.97 Å². The number of anilines is 1. The molecule has 0 radical (unpaired) electrons. The number of benzene rings is 3. The van der Waals surface area contributed by atoms with Crippen LogP contribution in [0.1, 0.15) is 35.7 Å². The fourth-order valence-electron chi connectivity index (χ4n) is 3.11. The Morgan fingerprint density at radius 1 is 0.871 bits per heavy atom. The quantitative estimate of drug-likeness (QED) is 0.405. The van der Waals surface area contributed by atoms with Gasteiger partial charge < -0.3 is 10.1 Å². The van der Waals surface area contributed by atoms with E-state index in [0.29, 0.717) is 23.1 Å². The number of rotatable bonds is 6. The van der Waals surface area contributed by atoms with Crippen molar-refractivity contribution in [1.29, 1.82) is 0 Å². The van der Waals surface area contributed by atoms with Crippen LogP contribution in [-0.4, -0.2) is 15.9 Å². The first-order chi connectivity index (χ1) is 15.1. The lowest BCUT2D eigenvalue weighted by Crippen LogP contribution is -2.11. The maximum Gasteiger partial charge on any atom is 0.255 e. The third-order valence-electron chi connectivity index (χ3n) is 4.89. The number of hydrogen-bond donors (Lipinski definition) is 1. The van der Waals surface area contributed by atoms with Gasteiger partial charge in [0, 0.05) is 22.9 Å². The Balaban J connectivity index is 1.45. The molecule has 0 atom stereocenters. The zero-order chi connectivity index (χ0) is 21.6. The van der Waals surface area contributed by atoms with E-state index in [2.05, 4.69) is 29.1 Å². The van der Waals surface area contributed by atoms with E-state index in [-0.39, 0.29) is 5.91 Å². The molecule has 0 aliphatic rings. The van der Waals surface area contributed by atoms with Gasteiger partial charge in [0.05, 0.1) is 5.69 Å². The van der Waals surface area contributed by atoms with Crippen LogP contribution in [0.15, 0.2) is 91.3 Å². The number of aromatic nitrogens is 2. The highest BCUT2D eigenvalue weighted by Gasteiger charge is 2.09. The summed E-state index contributed by atoms with van der Waals surface area (Å²) in [4.78, 5) is 21.1. The fraction of sp³-hybridized carbons (Fsp3) is 0.115. The second-order valence-electron chi connectivity index (χ2n) is 7.46. The van der Waals surface area contributed by atoms with E-state index in [4.69, 9.17) is 4.74 Å². The predicted octanol–water partition coefficient (Wildman–Crippen LogP) is 6.31. The lowest BCUT2D eigenvalue weighted by molar-refractivity contribution is 0.102. The average Bonchev–Trinajstić information content (AvgIpc) is 2.80. The Kier molecular flexibility index (Phi) is 6.03. The molecule has 0 saturated heterocycles. The molecule has 5 heteroatoms. The highest BCUT2D eigenvalue weighted by Crippen LogP contribution is 2.24. The zero-order valence-electron chi connectivity index (χ0n) is 17.4. The minimum absolute atomic E-state index is 0.153. The molecular weight excluding hydrogens is 386 g/mol. The first-order valence-corrected chi connectivity index (χ1v) is 10.2. The van der Waals surface area contributed by atoms with Gasteiger partial charge in [0.2, 0.25) is 5.88 Å². The van der Waals surface area contributed by atoms with Gasteiger partial charge in [-0.15, -0.1) is 0 Å².